The van der Waals surface area contributed by atoms with Gasteiger partial charge in [0.15, 0.2) is 6.10 Å². The largest absolute Gasteiger partial charge is 0.472 e. The van der Waals surface area contributed by atoms with Gasteiger partial charge in [-0.25, -0.2) is 4.57 Å². The van der Waals surface area contributed by atoms with Crippen LogP contribution in [0.15, 0.2) is 61.3 Å². The smallest absolute Gasteiger partial charge is 0.462 e. The zero-order valence-corrected chi connectivity index (χ0v) is 34.2. The number of hydrogen-bond acceptors (Lipinski definition) is 8. The average molecular weight is 766 g/mol. The lowest BCUT2D eigenvalue weighted by Crippen LogP contribution is -2.29. The number of hydrogen-bond donors (Lipinski definition) is 2. The second kappa shape index (κ2) is 39.4. The molecule has 0 fully saturated rings. The van der Waals surface area contributed by atoms with Crippen LogP contribution in [0.4, 0.5) is 0 Å². The second-order valence-corrected chi connectivity index (χ2v) is 15.0. The fraction of sp³-hybridized carbons (Fsp3) is 0.721. The summed E-state index contributed by atoms with van der Waals surface area (Å²) in [6, 6.07) is 0. The van der Waals surface area contributed by atoms with Crippen molar-refractivity contribution in [2.24, 2.45) is 5.73 Å². The Kier molecular flexibility index (Phi) is 37.7. The highest BCUT2D eigenvalue weighted by Gasteiger charge is 2.25. The van der Waals surface area contributed by atoms with Gasteiger partial charge in [0.25, 0.3) is 0 Å². The molecule has 0 amide bonds. The maximum atomic E-state index is 12.6. The lowest BCUT2D eigenvalue weighted by Gasteiger charge is -2.19. The summed E-state index contributed by atoms with van der Waals surface area (Å²) >= 11 is 0. The van der Waals surface area contributed by atoms with E-state index >= 15 is 0 Å². The minimum Gasteiger partial charge on any atom is -0.462 e. The summed E-state index contributed by atoms with van der Waals surface area (Å²) in [5.74, 6) is -0.900. The van der Waals surface area contributed by atoms with Gasteiger partial charge in [0.05, 0.1) is 13.2 Å². The number of phosphoric acid groups is 1. The highest BCUT2D eigenvalue weighted by Crippen LogP contribution is 2.43. The lowest BCUT2D eigenvalue weighted by molar-refractivity contribution is -0.161. The van der Waals surface area contributed by atoms with Crippen molar-refractivity contribution in [3.05, 3.63) is 61.3 Å². The molecular weight excluding hydrogens is 689 g/mol. The van der Waals surface area contributed by atoms with Crippen LogP contribution in [0.5, 0.6) is 0 Å². The molecule has 9 nitrogen and oxygen atoms in total. The molecule has 0 spiro atoms. The molecule has 0 aromatic carbocycles. The number of rotatable bonds is 39. The third-order valence-corrected chi connectivity index (χ3v) is 9.51. The van der Waals surface area contributed by atoms with Gasteiger partial charge in [-0.05, 0) is 64.2 Å². The first-order valence-corrected chi connectivity index (χ1v) is 22.2. The molecule has 0 rings (SSSR count). The van der Waals surface area contributed by atoms with E-state index < -0.39 is 32.5 Å². The Hall–Kier alpha value is -2.29. The first-order chi connectivity index (χ1) is 25.8. The fourth-order valence-electron chi connectivity index (χ4n) is 5.43. The van der Waals surface area contributed by atoms with E-state index in [-0.39, 0.29) is 32.6 Å². The molecule has 0 aromatic heterocycles. The fourth-order valence-corrected chi connectivity index (χ4v) is 6.19. The van der Waals surface area contributed by atoms with Gasteiger partial charge in [-0.2, -0.15) is 0 Å². The van der Waals surface area contributed by atoms with Crippen LogP contribution in [-0.2, 0) is 32.7 Å². The van der Waals surface area contributed by atoms with Crippen LogP contribution in [0, 0.1) is 0 Å². The normalized spacial score (nSPS) is 13.7. The van der Waals surface area contributed by atoms with Crippen LogP contribution in [0.25, 0.3) is 0 Å². The van der Waals surface area contributed by atoms with E-state index in [0.29, 0.717) is 12.8 Å². The summed E-state index contributed by atoms with van der Waals surface area (Å²) in [6.45, 7) is 5.15. The summed E-state index contributed by atoms with van der Waals surface area (Å²) in [5.41, 5.74) is 5.34. The van der Waals surface area contributed by atoms with Crippen molar-refractivity contribution in [1.82, 2.24) is 0 Å². The van der Waals surface area contributed by atoms with Crippen molar-refractivity contribution < 1.29 is 37.6 Å². The van der Waals surface area contributed by atoms with Crippen LogP contribution in [0.3, 0.4) is 0 Å². The standard InChI is InChI=1S/C43H76NO8P/c1-3-5-7-9-11-13-15-17-19-20-22-23-25-27-29-31-33-35-42(45)49-39-41(40-51-53(47,48)50-38-37-44)52-43(46)36-34-32-30-28-26-24-21-18-16-14-12-10-8-6-4-2/h4,11,13,17,19,22-23,27,29,41H,2-3,5-10,12,14-16,18,20-21,24-26,28,30-40,44H2,1H3,(H,47,48)/b13-11+,19-17+,23-22+,29-27+/t41-/m1/s1. The summed E-state index contributed by atoms with van der Waals surface area (Å²) in [7, 11) is -4.39. The highest BCUT2D eigenvalue weighted by molar-refractivity contribution is 7.47. The number of carbonyl (C=O) groups excluding carboxylic acids is 2. The monoisotopic (exact) mass is 766 g/mol. The maximum absolute atomic E-state index is 12.6. The molecule has 10 heteroatoms. The Morgan fingerprint density at radius 3 is 1.62 bits per heavy atom. The van der Waals surface area contributed by atoms with Crippen LogP contribution < -0.4 is 5.73 Å². The Morgan fingerprint density at radius 2 is 1.09 bits per heavy atom. The molecule has 2 atom stereocenters. The Labute approximate surface area is 323 Å². The molecule has 1 unspecified atom stereocenters. The Bertz CT molecular complexity index is 1040. The first kappa shape index (κ1) is 50.7. The maximum Gasteiger partial charge on any atom is 0.472 e. The molecular formula is C43H76NO8P. The third kappa shape index (κ3) is 39.2. The zero-order valence-electron chi connectivity index (χ0n) is 33.3. The van der Waals surface area contributed by atoms with Crippen molar-refractivity contribution in [1.29, 1.82) is 0 Å². The number of ether oxygens (including phenoxy) is 2. The Morgan fingerprint density at radius 1 is 0.623 bits per heavy atom. The summed E-state index contributed by atoms with van der Waals surface area (Å²) < 4.78 is 32.7. The molecule has 0 aromatic rings. The minimum absolute atomic E-state index is 0.0436. The lowest BCUT2D eigenvalue weighted by atomic mass is 10.0. The van der Waals surface area contributed by atoms with Gasteiger partial charge in [0, 0.05) is 19.4 Å². The molecule has 306 valence electrons. The van der Waals surface area contributed by atoms with Crippen LogP contribution >= 0.6 is 7.82 Å². The highest BCUT2D eigenvalue weighted by atomic mass is 31.2. The average Bonchev–Trinajstić information content (AvgIpc) is 3.14. The van der Waals surface area contributed by atoms with Crippen LogP contribution in [0.2, 0.25) is 0 Å². The predicted molar refractivity (Wildman–Crippen MR) is 219 cm³/mol. The van der Waals surface area contributed by atoms with Gasteiger partial charge in [0.2, 0.25) is 0 Å². The van der Waals surface area contributed by atoms with E-state index in [9.17, 15) is 19.0 Å². The van der Waals surface area contributed by atoms with Gasteiger partial charge in [-0.3, -0.25) is 18.6 Å². The predicted octanol–water partition coefficient (Wildman–Crippen LogP) is 11.7. The molecule has 0 saturated carbocycles. The molecule has 0 aliphatic heterocycles. The number of unbranched alkanes of at least 4 members (excludes halogenated alkanes) is 17. The molecule has 0 heterocycles. The van der Waals surface area contributed by atoms with Gasteiger partial charge in [-0.15, -0.1) is 6.58 Å². The molecule has 53 heavy (non-hydrogen) atoms. The number of esters is 2. The van der Waals surface area contributed by atoms with Gasteiger partial charge in [-0.1, -0.05) is 145 Å². The molecule has 0 bridgehead atoms. The van der Waals surface area contributed by atoms with Crippen molar-refractivity contribution in [3.8, 4) is 0 Å². The van der Waals surface area contributed by atoms with Gasteiger partial charge >= 0.3 is 19.8 Å². The third-order valence-electron chi connectivity index (χ3n) is 8.52. The van der Waals surface area contributed by atoms with E-state index in [4.69, 9.17) is 24.3 Å². The number of carbonyl (C=O) groups is 2. The molecule has 0 saturated heterocycles. The van der Waals surface area contributed by atoms with Crippen molar-refractivity contribution in [2.45, 2.75) is 174 Å². The summed E-state index contributed by atoms with van der Waals surface area (Å²) in [6.07, 6.45) is 44.3. The van der Waals surface area contributed by atoms with E-state index in [0.717, 1.165) is 51.4 Å². The van der Waals surface area contributed by atoms with Crippen LogP contribution in [0.1, 0.15) is 167 Å². The first-order valence-electron chi connectivity index (χ1n) is 20.7. The molecule has 0 aliphatic carbocycles. The Balaban J connectivity index is 4.26. The van der Waals surface area contributed by atoms with Crippen molar-refractivity contribution in [3.63, 3.8) is 0 Å². The summed E-state index contributed by atoms with van der Waals surface area (Å²) in [4.78, 5) is 34.8. The van der Waals surface area contributed by atoms with E-state index in [1.807, 2.05) is 12.2 Å². The number of nitrogens with two attached hydrogens (primary N) is 1. The van der Waals surface area contributed by atoms with E-state index in [2.05, 4.69) is 56.0 Å². The minimum atomic E-state index is -4.39. The summed E-state index contributed by atoms with van der Waals surface area (Å²) in [5, 5.41) is 0. The second-order valence-electron chi connectivity index (χ2n) is 13.6. The van der Waals surface area contributed by atoms with E-state index in [1.54, 1.807) is 0 Å². The van der Waals surface area contributed by atoms with Gasteiger partial charge in [0.1, 0.15) is 6.61 Å². The number of phosphoric ester groups is 1. The quantitative estimate of drug-likeness (QED) is 0.0271. The van der Waals surface area contributed by atoms with Crippen LogP contribution in [-0.4, -0.2) is 49.3 Å². The van der Waals surface area contributed by atoms with Crippen molar-refractivity contribution in [2.75, 3.05) is 26.4 Å². The molecule has 0 radical (unpaired) electrons. The van der Waals surface area contributed by atoms with E-state index in [1.165, 1.54) is 83.5 Å². The zero-order chi connectivity index (χ0) is 38.9. The molecule has 0 aliphatic rings. The van der Waals surface area contributed by atoms with Gasteiger partial charge < -0.3 is 20.1 Å². The SMILES string of the molecule is C=CCCCCCCCCCCCCCCCC(=O)O[C@H](COC(=O)CCC/C=C/C/C=C/C/C=C/C/C=C/CCCCC)COP(=O)(O)OCCN. The number of allylic oxidation sites excluding steroid dienone is 9. The topological polar surface area (TPSA) is 134 Å². The van der Waals surface area contributed by atoms with Crippen molar-refractivity contribution >= 4 is 19.8 Å². The molecule has 3 N–H and O–H groups in total.